The van der Waals surface area contributed by atoms with E-state index in [4.69, 9.17) is 9.84 Å². The van der Waals surface area contributed by atoms with Crippen molar-refractivity contribution in [1.29, 1.82) is 0 Å². The molecule has 0 saturated carbocycles. The first-order chi connectivity index (χ1) is 9.35. The monoisotopic (exact) mass is 262 g/mol. The van der Waals surface area contributed by atoms with Crippen molar-refractivity contribution in [2.24, 2.45) is 0 Å². The molecule has 1 aromatic carbocycles. The Labute approximate surface area is 114 Å². The lowest BCUT2D eigenvalue weighted by Gasteiger charge is -2.07. The van der Waals surface area contributed by atoms with Crippen molar-refractivity contribution in [3.05, 3.63) is 36.0 Å². The van der Waals surface area contributed by atoms with Gasteiger partial charge in [-0.2, -0.15) is 0 Å². The summed E-state index contributed by atoms with van der Waals surface area (Å²) < 4.78 is 7.21. The number of ether oxygens (including phenoxy) is 1. The minimum atomic E-state index is 0.234. The maximum atomic E-state index is 8.92. The molecule has 0 spiro atoms. The number of nitrogens with one attached hydrogen (secondary N) is 1. The normalized spacial score (nSPS) is 11.3. The minimum Gasteiger partial charge on any atom is -0.396 e. The topological polar surface area (TPSA) is 46.4 Å². The van der Waals surface area contributed by atoms with Crippen molar-refractivity contribution in [3.8, 4) is 0 Å². The second-order valence-electron chi connectivity index (χ2n) is 4.65. The summed E-state index contributed by atoms with van der Waals surface area (Å²) in [6.45, 7) is 3.54. The van der Waals surface area contributed by atoms with Crippen LogP contribution in [0.25, 0.3) is 10.9 Å². The maximum Gasteiger partial charge on any atom is 0.0587 e. The lowest BCUT2D eigenvalue weighted by atomic mass is 10.1. The van der Waals surface area contributed by atoms with Gasteiger partial charge in [-0.1, -0.05) is 12.1 Å². The number of hydrogen-bond donors (Lipinski definition) is 2. The van der Waals surface area contributed by atoms with Gasteiger partial charge in [0.15, 0.2) is 0 Å². The van der Waals surface area contributed by atoms with Crippen molar-refractivity contribution in [2.75, 3.05) is 26.9 Å². The molecule has 2 N–H and O–H groups in total. The van der Waals surface area contributed by atoms with Gasteiger partial charge in [0.1, 0.15) is 0 Å². The van der Waals surface area contributed by atoms with E-state index >= 15 is 0 Å². The number of rotatable bonds is 8. The van der Waals surface area contributed by atoms with E-state index in [9.17, 15) is 0 Å². The molecule has 1 aromatic heterocycles. The van der Waals surface area contributed by atoms with E-state index in [0.717, 1.165) is 32.7 Å². The fourth-order valence-electron chi connectivity index (χ4n) is 2.18. The number of methoxy groups -OCH3 is 1. The van der Waals surface area contributed by atoms with Crippen LogP contribution in [0.4, 0.5) is 0 Å². The van der Waals surface area contributed by atoms with E-state index in [0.29, 0.717) is 0 Å². The molecular weight excluding hydrogens is 240 g/mol. The van der Waals surface area contributed by atoms with Crippen molar-refractivity contribution < 1.29 is 9.84 Å². The molecule has 19 heavy (non-hydrogen) atoms. The van der Waals surface area contributed by atoms with Gasteiger partial charge >= 0.3 is 0 Å². The highest BCUT2D eigenvalue weighted by molar-refractivity contribution is 5.80. The van der Waals surface area contributed by atoms with Crippen LogP contribution in [0.1, 0.15) is 12.0 Å². The van der Waals surface area contributed by atoms with Crippen LogP contribution in [0.2, 0.25) is 0 Å². The van der Waals surface area contributed by atoms with Crippen LogP contribution in [0, 0.1) is 0 Å². The number of nitrogens with zero attached hydrogens (tertiary/aromatic N) is 1. The summed E-state index contributed by atoms with van der Waals surface area (Å²) in [7, 11) is 1.71. The molecule has 1 heterocycles. The molecule has 2 rings (SSSR count). The molecule has 0 aliphatic heterocycles. The highest BCUT2D eigenvalue weighted by Gasteiger charge is 2.02. The second-order valence-corrected chi connectivity index (χ2v) is 4.65. The van der Waals surface area contributed by atoms with Gasteiger partial charge in [-0.05, 0) is 29.5 Å². The summed E-state index contributed by atoms with van der Waals surface area (Å²) >= 11 is 0. The van der Waals surface area contributed by atoms with Crippen LogP contribution in [-0.4, -0.2) is 36.5 Å². The van der Waals surface area contributed by atoms with Gasteiger partial charge in [-0.3, -0.25) is 0 Å². The first kappa shape index (κ1) is 14.1. The van der Waals surface area contributed by atoms with Crippen LogP contribution in [0.5, 0.6) is 0 Å². The Kier molecular flexibility index (Phi) is 5.39. The molecule has 0 atom stereocenters. The van der Waals surface area contributed by atoms with Gasteiger partial charge in [0.05, 0.1) is 6.61 Å². The molecule has 0 saturated heterocycles. The molecule has 0 fully saturated rings. The zero-order valence-electron chi connectivity index (χ0n) is 11.4. The molecule has 0 bridgehead atoms. The summed E-state index contributed by atoms with van der Waals surface area (Å²) in [6.07, 6.45) is 2.88. The van der Waals surface area contributed by atoms with Gasteiger partial charge < -0.3 is 19.7 Å². The Balaban J connectivity index is 2.05. The summed E-state index contributed by atoms with van der Waals surface area (Å²) in [5, 5.41) is 13.5. The second kappa shape index (κ2) is 7.28. The van der Waals surface area contributed by atoms with Crippen molar-refractivity contribution in [1.82, 2.24) is 9.88 Å². The molecule has 4 heteroatoms. The number of benzene rings is 1. The summed E-state index contributed by atoms with van der Waals surface area (Å²) in [5.41, 5.74) is 2.51. The van der Waals surface area contributed by atoms with Crippen molar-refractivity contribution in [2.45, 2.75) is 19.5 Å². The zero-order valence-corrected chi connectivity index (χ0v) is 11.4. The van der Waals surface area contributed by atoms with Gasteiger partial charge in [-0.25, -0.2) is 0 Å². The predicted octanol–water partition coefficient (Wildman–Crippen LogP) is 1.76. The van der Waals surface area contributed by atoms with E-state index in [2.05, 4.69) is 40.3 Å². The largest absolute Gasteiger partial charge is 0.396 e. The molecule has 0 aliphatic rings. The molecule has 0 aliphatic carbocycles. The third-order valence-corrected chi connectivity index (χ3v) is 3.21. The molecule has 2 aromatic rings. The van der Waals surface area contributed by atoms with E-state index in [1.807, 2.05) is 0 Å². The maximum absolute atomic E-state index is 8.92. The summed E-state index contributed by atoms with van der Waals surface area (Å²) in [6, 6.07) is 8.64. The first-order valence-electron chi connectivity index (χ1n) is 6.73. The fraction of sp³-hybridized carbons (Fsp3) is 0.467. The smallest absolute Gasteiger partial charge is 0.0587 e. The zero-order chi connectivity index (χ0) is 13.5. The predicted molar refractivity (Wildman–Crippen MR) is 77.2 cm³/mol. The van der Waals surface area contributed by atoms with Gasteiger partial charge in [0, 0.05) is 45.1 Å². The van der Waals surface area contributed by atoms with Crippen LogP contribution < -0.4 is 5.32 Å². The Morgan fingerprint density at radius 1 is 1.32 bits per heavy atom. The molecule has 4 nitrogen and oxygen atoms in total. The van der Waals surface area contributed by atoms with Gasteiger partial charge in [-0.15, -0.1) is 0 Å². The lowest BCUT2D eigenvalue weighted by molar-refractivity contribution is 0.199. The first-order valence-corrected chi connectivity index (χ1v) is 6.73. The number of hydrogen-bond acceptors (Lipinski definition) is 3. The van der Waals surface area contributed by atoms with Gasteiger partial charge in [0.2, 0.25) is 0 Å². The highest BCUT2D eigenvalue weighted by atomic mass is 16.5. The Morgan fingerprint density at radius 2 is 2.21 bits per heavy atom. The molecule has 104 valence electrons. The average Bonchev–Trinajstić information content (AvgIpc) is 2.84. The number of aliphatic hydroxyl groups excluding tert-OH is 1. The van der Waals surface area contributed by atoms with E-state index in [-0.39, 0.29) is 6.61 Å². The third-order valence-electron chi connectivity index (χ3n) is 3.21. The van der Waals surface area contributed by atoms with Crippen LogP contribution in [0.15, 0.2) is 30.5 Å². The number of aryl methyl sites for hydroxylation is 1. The van der Waals surface area contributed by atoms with E-state index < -0.39 is 0 Å². The van der Waals surface area contributed by atoms with Crippen molar-refractivity contribution in [3.63, 3.8) is 0 Å². The van der Waals surface area contributed by atoms with Crippen LogP contribution in [0.3, 0.4) is 0 Å². The molecule has 0 unspecified atom stereocenters. The molecular formula is C15H22N2O2. The fourth-order valence-corrected chi connectivity index (χ4v) is 2.18. The van der Waals surface area contributed by atoms with Crippen LogP contribution in [-0.2, 0) is 17.8 Å². The van der Waals surface area contributed by atoms with E-state index in [1.54, 1.807) is 7.11 Å². The Bertz CT molecular complexity index is 508. The summed E-state index contributed by atoms with van der Waals surface area (Å²) in [4.78, 5) is 0. The Hall–Kier alpha value is -1.36. The summed E-state index contributed by atoms with van der Waals surface area (Å²) in [5.74, 6) is 0. The third kappa shape index (κ3) is 3.80. The average molecular weight is 262 g/mol. The Morgan fingerprint density at radius 3 is 3.00 bits per heavy atom. The molecule has 0 radical (unpaired) electrons. The standard InChI is InChI=1S/C15H22N2O2/c1-19-10-6-16-12-13-3-4-14-5-8-17(7-2-9-18)15(14)11-13/h3-5,8,11,16,18H,2,6-7,9-10,12H2,1H3. The quantitative estimate of drug-likeness (QED) is 0.713. The van der Waals surface area contributed by atoms with Gasteiger partial charge in [0.25, 0.3) is 0 Å². The number of aromatic nitrogens is 1. The van der Waals surface area contributed by atoms with Crippen molar-refractivity contribution >= 4 is 10.9 Å². The number of aliphatic hydroxyl groups is 1. The van der Waals surface area contributed by atoms with E-state index in [1.165, 1.54) is 16.5 Å². The SMILES string of the molecule is COCCNCc1ccc2ccn(CCCO)c2c1. The van der Waals surface area contributed by atoms with Crippen LogP contribution >= 0.6 is 0 Å². The minimum absolute atomic E-state index is 0.234. The number of fused-ring (bicyclic) bond motifs is 1. The molecule has 0 amide bonds. The lowest BCUT2D eigenvalue weighted by Crippen LogP contribution is -2.18. The highest BCUT2D eigenvalue weighted by Crippen LogP contribution is 2.18.